The van der Waals surface area contributed by atoms with E-state index in [0.717, 1.165) is 0 Å². The summed E-state index contributed by atoms with van der Waals surface area (Å²) in [6.07, 6.45) is -1.33. The number of hydrogen-bond acceptors (Lipinski definition) is 5. The second kappa shape index (κ2) is 6.93. The molecule has 0 saturated heterocycles. The van der Waals surface area contributed by atoms with Gasteiger partial charge < -0.3 is 10.5 Å². The fourth-order valence-corrected chi connectivity index (χ4v) is 1.89. The Kier molecular flexibility index (Phi) is 4.98. The quantitative estimate of drug-likeness (QED) is 0.830. The van der Waals surface area contributed by atoms with Gasteiger partial charge in [0.1, 0.15) is 23.0 Å². The molecule has 2 aromatic heterocycles. The van der Waals surface area contributed by atoms with Crippen LogP contribution < -0.4 is 10.5 Å². The fourth-order valence-electron chi connectivity index (χ4n) is 1.89. The van der Waals surface area contributed by atoms with Crippen LogP contribution in [0.3, 0.4) is 0 Å². The molecule has 22 heavy (non-hydrogen) atoms. The summed E-state index contributed by atoms with van der Waals surface area (Å²) in [4.78, 5) is 19.8. The largest absolute Gasteiger partial charge is 0.493 e. The number of ketones is 1. The number of halogens is 2. The standard InChI is InChI=1S/C15H15F2N3O2/c1-2-22-13-7-14(18)19-8-9(13)6-12(21)10-4-3-5-11(20-10)15(16)17/h3-5,7-8,15H,2,6H2,1H3,(H2,18,19). The van der Waals surface area contributed by atoms with Crippen LogP contribution in [0.5, 0.6) is 5.75 Å². The number of carbonyl (C=O) groups is 1. The van der Waals surface area contributed by atoms with Crippen LogP contribution in [0.15, 0.2) is 30.5 Å². The van der Waals surface area contributed by atoms with E-state index in [4.69, 9.17) is 10.5 Å². The Hall–Kier alpha value is -2.57. The molecule has 0 aliphatic carbocycles. The highest BCUT2D eigenvalue weighted by molar-refractivity contribution is 5.96. The monoisotopic (exact) mass is 307 g/mol. The zero-order chi connectivity index (χ0) is 16.1. The van der Waals surface area contributed by atoms with E-state index in [1.807, 2.05) is 0 Å². The Morgan fingerprint density at radius 3 is 2.86 bits per heavy atom. The van der Waals surface area contributed by atoms with E-state index in [-0.39, 0.29) is 17.9 Å². The number of nitrogens with two attached hydrogens (primary N) is 1. The molecule has 0 fully saturated rings. The van der Waals surface area contributed by atoms with Gasteiger partial charge in [-0.25, -0.2) is 18.7 Å². The van der Waals surface area contributed by atoms with Crippen LogP contribution in [0, 0.1) is 0 Å². The molecule has 2 heterocycles. The summed E-state index contributed by atoms with van der Waals surface area (Å²) in [7, 11) is 0. The number of Topliss-reactive ketones (excluding diaryl/α,β-unsaturated/α-hetero) is 1. The van der Waals surface area contributed by atoms with Gasteiger partial charge in [-0.15, -0.1) is 0 Å². The van der Waals surface area contributed by atoms with Crippen molar-refractivity contribution in [2.45, 2.75) is 19.8 Å². The van der Waals surface area contributed by atoms with Gasteiger partial charge in [0.2, 0.25) is 0 Å². The molecule has 116 valence electrons. The maximum Gasteiger partial charge on any atom is 0.280 e. The van der Waals surface area contributed by atoms with Crippen molar-refractivity contribution in [2.24, 2.45) is 0 Å². The van der Waals surface area contributed by atoms with Crippen molar-refractivity contribution >= 4 is 11.6 Å². The Bertz CT molecular complexity index is 678. The summed E-state index contributed by atoms with van der Waals surface area (Å²) in [5.74, 6) is 0.334. The number of pyridine rings is 2. The molecule has 0 aliphatic heterocycles. The Labute approximate surface area is 126 Å². The first-order valence-electron chi connectivity index (χ1n) is 6.66. The van der Waals surface area contributed by atoms with Crippen molar-refractivity contribution in [2.75, 3.05) is 12.3 Å². The van der Waals surface area contributed by atoms with Crippen LogP contribution in [0.1, 0.15) is 35.1 Å². The molecule has 0 atom stereocenters. The van der Waals surface area contributed by atoms with E-state index in [0.29, 0.717) is 17.9 Å². The van der Waals surface area contributed by atoms with Crippen LogP contribution in [0.4, 0.5) is 14.6 Å². The average Bonchev–Trinajstić information content (AvgIpc) is 2.50. The van der Waals surface area contributed by atoms with E-state index in [9.17, 15) is 13.6 Å². The molecular weight excluding hydrogens is 292 g/mol. The molecule has 5 nitrogen and oxygen atoms in total. The van der Waals surface area contributed by atoms with Gasteiger partial charge in [0.05, 0.1) is 6.61 Å². The van der Waals surface area contributed by atoms with Crippen molar-refractivity contribution in [1.29, 1.82) is 0 Å². The van der Waals surface area contributed by atoms with Gasteiger partial charge in [0.15, 0.2) is 5.78 Å². The van der Waals surface area contributed by atoms with E-state index >= 15 is 0 Å². The van der Waals surface area contributed by atoms with Crippen LogP contribution in [0.25, 0.3) is 0 Å². The third-order valence-corrected chi connectivity index (χ3v) is 2.90. The van der Waals surface area contributed by atoms with E-state index in [1.165, 1.54) is 30.5 Å². The highest BCUT2D eigenvalue weighted by Crippen LogP contribution is 2.22. The lowest BCUT2D eigenvalue weighted by Crippen LogP contribution is -2.10. The molecule has 2 aromatic rings. The third-order valence-electron chi connectivity index (χ3n) is 2.90. The van der Waals surface area contributed by atoms with E-state index < -0.39 is 17.9 Å². The van der Waals surface area contributed by atoms with Gasteiger partial charge in [-0.1, -0.05) is 6.07 Å². The highest BCUT2D eigenvalue weighted by Gasteiger charge is 2.16. The maximum atomic E-state index is 12.6. The predicted molar refractivity (Wildman–Crippen MR) is 77.0 cm³/mol. The summed E-state index contributed by atoms with van der Waals surface area (Å²) in [6, 6.07) is 5.48. The molecular formula is C15H15F2N3O2. The van der Waals surface area contributed by atoms with Gasteiger partial charge in [-0.2, -0.15) is 0 Å². The van der Waals surface area contributed by atoms with Gasteiger partial charge in [-0.3, -0.25) is 4.79 Å². The second-order valence-electron chi connectivity index (χ2n) is 4.50. The molecule has 2 N–H and O–H groups in total. The highest BCUT2D eigenvalue weighted by atomic mass is 19.3. The average molecular weight is 307 g/mol. The lowest BCUT2D eigenvalue weighted by atomic mass is 10.1. The summed E-state index contributed by atoms with van der Waals surface area (Å²) in [5, 5.41) is 0. The van der Waals surface area contributed by atoms with Gasteiger partial charge in [0.25, 0.3) is 6.43 Å². The zero-order valence-corrected chi connectivity index (χ0v) is 11.9. The third kappa shape index (κ3) is 3.75. The number of nitrogen functional groups attached to an aromatic ring is 1. The number of hydrogen-bond donors (Lipinski definition) is 1. The van der Waals surface area contributed by atoms with E-state index in [1.54, 1.807) is 6.92 Å². The molecule has 0 amide bonds. The summed E-state index contributed by atoms with van der Waals surface area (Å²) in [6.45, 7) is 2.21. The van der Waals surface area contributed by atoms with Gasteiger partial charge in [-0.05, 0) is 19.1 Å². The molecule has 0 radical (unpaired) electrons. The van der Waals surface area contributed by atoms with Crippen molar-refractivity contribution < 1.29 is 18.3 Å². The van der Waals surface area contributed by atoms with Crippen LogP contribution in [0.2, 0.25) is 0 Å². The minimum atomic E-state index is -2.72. The minimum absolute atomic E-state index is 0.0166. The first kappa shape index (κ1) is 15.8. The SMILES string of the molecule is CCOc1cc(N)ncc1CC(=O)c1cccc(C(F)F)n1. The Morgan fingerprint density at radius 1 is 1.41 bits per heavy atom. The van der Waals surface area contributed by atoms with Crippen LogP contribution >= 0.6 is 0 Å². The number of anilines is 1. The lowest BCUT2D eigenvalue weighted by molar-refractivity contribution is 0.0984. The maximum absolute atomic E-state index is 12.6. The fraction of sp³-hybridized carbons (Fsp3) is 0.267. The molecule has 0 unspecified atom stereocenters. The zero-order valence-electron chi connectivity index (χ0n) is 11.9. The Morgan fingerprint density at radius 2 is 2.18 bits per heavy atom. The summed E-state index contributed by atoms with van der Waals surface area (Å²) in [5.41, 5.74) is 5.67. The first-order valence-corrected chi connectivity index (χ1v) is 6.66. The van der Waals surface area contributed by atoms with Crippen molar-refractivity contribution in [3.05, 3.63) is 47.4 Å². The molecule has 0 aromatic carbocycles. The molecule has 2 rings (SSSR count). The van der Waals surface area contributed by atoms with Gasteiger partial charge in [0, 0.05) is 24.2 Å². The van der Waals surface area contributed by atoms with Crippen LogP contribution in [-0.2, 0) is 6.42 Å². The molecule has 0 spiro atoms. The smallest absolute Gasteiger partial charge is 0.280 e. The van der Waals surface area contributed by atoms with Gasteiger partial charge >= 0.3 is 0 Å². The minimum Gasteiger partial charge on any atom is -0.493 e. The second-order valence-corrected chi connectivity index (χ2v) is 4.50. The number of ether oxygens (including phenoxy) is 1. The number of alkyl halides is 2. The van der Waals surface area contributed by atoms with Crippen LogP contribution in [-0.4, -0.2) is 22.4 Å². The normalized spacial score (nSPS) is 10.7. The summed E-state index contributed by atoms with van der Waals surface area (Å²) >= 11 is 0. The Balaban J connectivity index is 2.23. The number of nitrogens with zero attached hydrogens (tertiary/aromatic N) is 2. The predicted octanol–water partition coefficient (Wildman–Crippen LogP) is 2.82. The number of carbonyl (C=O) groups excluding carboxylic acids is 1. The van der Waals surface area contributed by atoms with Crippen molar-refractivity contribution in [3.8, 4) is 5.75 Å². The van der Waals surface area contributed by atoms with E-state index in [2.05, 4.69) is 9.97 Å². The number of aromatic nitrogens is 2. The molecule has 0 bridgehead atoms. The van der Waals surface area contributed by atoms with Crippen molar-refractivity contribution in [3.63, 3.8) is 0 Å². The molecule has 0 aliphatic rings. The lowest BCUT2D eigenvalue weighted by Gasteiger charge is -2.10. The summed E-state index contributed by atoms with van der Waals surface area (Å²) < 4.78 is 30.7. The first-order chi connectivity index (χ1) is 10.5. The molecule has 7 heteroatoms. The topological polar surface area (TPSA) is 78.1 Å². The molecule has 0 saturated carbocycles. The van der Waals surface area contributed by atoms with Crippen molar-refractivity contribution in [1.82, 2.24) is 9.97 Å². The number of rotatable bonds is 6.